The van der Waals surface area contributed by atoms with Crippen LogP contribution in [-0.2, 0) is 17.5 Å². The number of anilines is 1. The summed E-state index contributed by atoms with van der Waals surface area (Å²) in [7, 11) is 0. The molecule has 20 heavy (non-hydrogen) atoms. The Hall–Kier alpha value is -2.51. The fourth-order valence-electron chi connectivity index (χ4n) is 1.53. The third-order valence-corrected chi connectivity index (χ3v) is 2.37. The first-order chi connectivity index (χ1) is 9.34. The van der Waals surface area contributed by atoms with Crippen molar-refractivity contribution in [3.8, 4) is 5.75 Å². The number of aromatic hydroxyl groups is 1. The number of rotatable bonds is 3. The lowest BCUT2D eigenvalue weighted by Gasteiger charge is -2.06. The molecular formula is C12H10F3N3O2. The minimum atomic E-state index is -4.53. The molecule has 1 amide bonds. The van der Waals surface area contributed by atoms with Gasteiger partial charge in [0.1, 0.15) is 12.3 Å². The molecule has 1 heterocycles. The van der Waals surface area contributed by atoms with E-state index in [4.69, 9.17) is 0 Å². The lowest BCUT2D eigenvalue weighted by molar-refractivity contribution is -0.141. The molecule has 0 atom stereocenters. The number of phenols is 1. The normalized spacial score (nSPS) is 11.3. The van der Waals surface area contributed by atoms with Crippen LogP contribution in [0.4, 0.5) is 18.9 Å². The Morgan fingerprint density at radius 1 is 1.35 bits per heavy atom. The van der Waals surface area contributed by atoms with Gasteiger partial charge in [-0.15, -0.1) is 0 Å². The number of phenolic OH excluding ortho intramolecular Hbond substituents is 1. The summed E-state index contributed by atoms with van der Waals surface area (Å²) in [6.45, 7) is -0.355. The van der Waals surface area contributed by atoms with E-state index in [1.165, 1.54) is 18.2 Å². The molecule has 106 valence electrons. The van der Waals surface area contributed by atoms with E-state index in [2.05, 4.69) is 10.4 Å². The quantitative estimate of drug-likeness (QED) is 0.909. The predicted molar refractivity (Wildman–Crippen MR) is 64.0 cm³/mol. The van der Waals surface area contributed by atoms with Crippen molar-refractivity contribution in [3.63, 3.8) is 0 Å². The van der Waals surface area contributed by atoms with Gasteiger partial charge in [0.25, 0.3) is 0 Å². The summed E-state index contributed by atoms with van der Waals surface area (Å²) in [5.41, 5.74) is -0.708. The second kappa shape index (κ2) is 5.24. The predicted octanol–water partition coefficient (Wildman–Crippen LogP) is 2.25. The Bertz CT molecular complexity index is 622. The molecule has 2 N–H and O–H groups in total. The molecule has 0 saturated carbocycles. The smallest absolute Gasteiger partial charge is 0.435 e. The topological polar surface area (TPSA) is 67.2 Å². The number of carbonyl (C=O) groups excluding carboxylic acids is 1. The first kappa shape index (κ1) is 13.9. The van der Waals surface area contributed by atoms with E-state index in [1.807, 2.05) is 0 Å². The van der Waals surface area contributed by atoms with Gasteiger partial charge in [-0.05, 0) is 18.2 Å². The number of nitrogens with zero attached hydrogens (tertiary/aromatic N) is 2. The fourth-order valence-corrected chi connectivity index (χ4v) is 1.53. The van der Waals surface area contributed by atoms with E-state index in [0.717, 1.165) is 16.9 Å². The summed E-state index contributed by atoms with van der Waals surface area (Å²) in [4.78, 5) is 11.6. The van der Waals surface area contributed by atoms with Crippen molar-refractivity contribution in [2.75, 3.05) is 5.32 Å². The summed E-state index contributed by atoms with van der Waals surface area (Å²) < 4.78 is 37.9. The van der Waals surface area contributed by atoms with Crippen LogP contribution >= 0.6 is 0 Å². The zero-order valence-electron chi connectivity index (χ0n) is 10.1. The minimum absolute atomic E-state index is 0.0266. The number of amides is 1. The van der Waals surface area contributed by atoms with Crippen molar-refractivity contribution in [2.45, 2.75) is 12.7 Å². The molecule has 0 spiro atoms. The van der Waals surface area contributed by atoms with E-state index in [0.29, 0.717) is 5.69 Å². The first-order valence-corrected chi connectivity index (χ1v) is 5.54. The molecule has 1 aromatic heterocycles. The van der Waals surface area contributed by atoms with Gasteiger partial charge in [0.2, 0.25) is 5.91 Å². The lowest BCUT2D eigenvalue weighted by Crippen LogP contribution is -2.19. The number of halogens is 3. The maximum atomic E-state index is 12.3. The monoisotopic (exact) mass is 285 g/mol. The van der Waals surface area contributed by atoms with E-state index in [1.54, 1.807) is 6.07 Å². The van der Waals surface area contributed by atoms with E-state index < -0.39 is 17.8 Å². The summed E-state index contributed by atoms with van der Waals surface area (Å²) >= 11 is 0. The highest BCUT2D eigenvalue weighted by Crippen LogP contribution is 2.27. The van der Waals surface area contributed by atoms with Crippen molar-refractivity contribution in [1.29, 1.82) is 0 Å². The van der Waals surface area contributed by atoms with Crippen LogP contribution in [0.25, 0.3) is 0 Å². The van der Waals surface area contributed by atoms with Gasteiger partial charge in [-0.3, -0.25) is 9.48 Å². The minimum Gasteiger partial charge on any atom is -0.508 e. The summed E-state index contributed by atoms with van der Waals surface area (Å²) in [6.07, 6.45) is -3.46. The van der Waals surface area contributed by atoms with E-state index in [-0.39, 0.29) is 12.3 Å². The molecule has 0 aliphatic rings. The standard InChI is InChI=1S/C12H10F3N3O2/c13-12(14,15)10-4-5-18(17-10)7-11(20)16-8-2-1-3-9(19)6-8/h1-6,19H,7H2,(H,16,20). The van der Waals surface area contributed by atoms with Gasteiger partial charge in [-0.2, -0.15) is 18.3 Å². The highest BCUT2D eigenvalue weighted by Gasteiger charge is 2.33. The van der Waals surface area contributed by atoms with Gasteiger partial charge in [-0.1, -0.05) is 6.07 Å². The van der Waals surface area contributed by atoms with E-state index >= 15 is 0 Å². The number of aromatic nitrogens is 2. The molecule has 0 radical (unpaired) electrons. The van der Waals surface area contributed by atoms with Crippen molar-refractivity contribution in [2.24, 2.45) is 0 Å². The Morgan fingerprint density at radius 3 is 2.70 bits per heavy atom. The van der Waals surface area contributed by atoms with Crippen LogP contribution in [0.3, 0.4) is 0 Å². The number of hydrogen-bond acceptors (Lipinski definition) is 3. The maximum absolute atomic E-state index is 12.3. The van der Waals surface area contributed by atoms with Crippen LogP contribution in [0.15, 0.2) is 36.5 Å². The van der Waals surface area contributed by atoms with Crippen molar-refractivity contribution in [3.05, 3.63) is 42.2 Å². The molecule has 0 unspecified atom stereocenters. The molecule has 0 fully saturated rings. The number of hydrogen-bond donors (Lipinski definition) is 2. The Morgan fingerprint density at radius 2 is 2.10 bits per heavy atom. The fraction of sp³-hybridized carbons (Fsp3) is 0.167. The maximum Gasteiger partial charge on any atom is 0.435 e. The van der Waals surface area contributed by atoms with Crippen LogP contribution in [-0.4, -0.2) is 20.8 Å². The molecule has 0 aliphatic carbocycles. The molecule has 2 aromatic rings. The highest BCUT2D eigenvalue weighted by atomic mass is 19.4. The Labute approximate surface area is 111 Å². The molecule has 1 aromatic carbocycles. The lowest BCUT2D eigenvalue weighted by atomic mass is 10.3. The SMILES string of the molecule is O=C(Cn1ccc(C(F)(F)F)n1)Nc1cccc(O)c1. The number of benzene rings is 1. The Kier molecular flexibility index (Phi) is 3.64. The van der Waals surface area contributed by atoms with Crippen LogP contribution in [0.2, 0.25) is 0 Å². The third kappa shape index (κ3) is 3.50. The van der Waals surface area contributed by atoms with Gasteiger partial charge < -0.3 is 10.4 Å². The largest absolute Gasteiger partial charge is 0.508 e. The molecule has 0 saturated heterocycles. The zero-order valence-corrected chi connectivity index (χ0v) is 10.1. The second-order valence-electron chi connectivity index (χ2n) is 3.99. The van der Waals surface area contributed by atoms with Crippen LogP contribution in [0, 0.1) is 0 Å². The molecule has 0 bridgehead atoms. The van der Waals surface area contributed by atoms with E-state index in [9.17, 15) is 23.1 Å². The average molecular weight is 285 g/mol. The number of alkyl halides is 3. The summed E-state index contributed by atoms with van der Waals surface area (Å²) in [5, 5.41) is 14.9. The Balaban J connectivity index is 2.00. The highest BCUT2D eigenvalue weighted by molar-refractivity contribution is 5.90. The molecular weight excluding hydrogens is 275 g/mol. The van der Waals surface area contributed by atoms with Crippen LogP contribution < -0.4 is 5.32 Å². The van der Waals surface area contributed by atoms with Gasteiger partial charge in [0.05, 0.1) is 0 Å². The van der Waals surface area contributed by atoms with Crippen molar-refractivity contribution >= 4 is 11.6 Å². The molecule has 2 rings (SSSR count). The molecule has 8 heteroatoms. The summed E-state index contributed by atoms with van der Waals surface area (Å²) in [6, 6.07) is 6.62. The molecule has 0 aliphatic heterocycles. The first-order valence-electron chi connectivity index (χ1n) is 5.54. The van der Waals surface area contributed by atoms with Gasteiger partial charge in [0.15, 0.2) is 5.69 Å². The number of carbonyl (C=O) groups is 1. The van der Waals surface area contributed by atoms with Gasteiger partial charge in [0, 0.05) is 18.0 Å². The van der Waals surface area contributed by atoms with Gasteiger partial charge >= 0.3 is 6.18 Å². The van der Waals surface area contributed by atoms with Crippen LogP contribution in [0.1, 0.15) is 5.69 Å². The van der Waals surface area contributed by atoms with Crippen molar-refractivity contribution < 1.29 is 23.1 Å². The average Bonchev–Trinajstić information content (AvgIpc) is 2.76. The summed E-state index contributed by atoms with van der Waals surface area (Å²) in [5.74, 6) is -0.575. The third-order valence-electron chi connectivity index (χ3n) is 2.37. The van der Waals surface area contributed by atoms with Crippen molar-refractivity contribution in [1.82, 2.24) is 9.78 Å². The molecule has 5 nitrogen and oxygen atoms in total. The zero-order chi connectivity index (χ0) is 14.8. The van der Waals surface area contributed by atoms with Crippen LogP contribution in [0.5, 0.6) is 5.75 Å². The van der Waals surface area contributed by atoms with Gasteiger partial charge in [-0.25, -0.2) is 0 Å². The second-order valence-corrected chi connectivity index (χ2v) is 3.99. The number of nitrogens with one attached hydrogen (secondary N) is 1.